The second-order valence-electron chi connectivity index (χ2n) is 11.4. The summed E-state index contributed by atoms with van der Waals surface area (Å²) in [6.07, 6.45) is -1.61. The molecule has 2 heterocycles. The number of rotatable bonds is 8. The molecule has 1 saturated carbocycles. The summed E-state index contributed by atoms with van der Waals surface area (Å²) in [5.41, 5.74) is 5.13. The smallest absolute Gasteiger partial charge is 0.416 e. The molecule has 2 atom stereocenters. The minimum Gasteiger partial charge on any atom is -0.444 e. The van der Waals surface area contributed by atoms with Gasteiger partial charge in [0.25, 0.3) is 0 Å². The number of hydrogen-bond donors (Lipinski definition) is 3. The maximum Gasteiger partial charge on any atom is 0.416 e. The van der Waals surface area contributed by atoms with E-state index in [1.807, 2.05) is 0 Å². The van der Waals surface area contributed by atoms with Crippen molar-refractivity contribution in [2.24, 2.45) is 22.7 Å². The van der Waals surface area contributed by atoms with Crippen LogP contribution < -0.4 is 16.0 Å². The summed E-state index contributed by atoms with van der Waals surface area (Å²) in [5, 5.41) is 15.5. The highest BCUT2D eigenvalue weighted by atomic mass is 19.4. The van der Waals surface area contributed by atoms with Crippen molar-refractivity contribution in [2.45, 2.75) is 64.4 Å². The Labute approximate surface area is 235 Å². The Hall–Kier alpha value is -3.84. The molecule has 0 spiro atoms. The number of amides is 1. The van der Waals surface area contributed by atoms with Crippen molar-refractivity contribution in [2.75, 3.05) is 29.9 Å². The Morgan fingerprint density at radius 2 is 1.88 bits per heavy atom. The van der Waals surface area contributed by atoms with Crippen LogP contribution in [0.1, 0.15) is 51.2 Å². The van der Waals surface area contributed by atoms with Gasteiger partial charge in [-0.1, -0.05) is 17.3 Å². The third kappa shape index (κ3) is 7.67. The average molecular weight is 582 g/mol. The Kier molecular flexibility index (Phi) is 8.78. The number of ether oxygens (including phenoxy) is 1. The molecular formula is C27H35F4N7O3. The maximum atomic E-state index is 15.7. The molecule has 0 bridgehead atoms. The van der Waals surface area contributed by atoms with Crippen LogP contribution in [0.15, 0.2) is 35.7 Å². The van der Waals surface area contributed by atoms with Gasteiger partial charge in [0, 0.05) is 38.1 Å². The van der Waals surface area contributed by atoms with Gasteiger partial charge in [0.2, 0.25) is 5.82 Å². The SMILES string of the molecule is CC(C)(C)OC(=O)N1CCC(CNc2ncnc(N(Cc3ccc(C(F)(F)F)cc3)C3CC3)c2F)C(/C(N)=N/O)C1. The molecule has 2 aliphatic rings. The van der Waals surface area contributed by atoms with Crippen LogP contribution in [0.3, 0.4) is 0 Å². The third-order valence-electron chi connectivity index (χ3n) is 7.10. The Balaban J connectivity index is 1.46. The summed E-state index contributed by atoms with van der Waals surface area (Å²) in [7, 11) is 0. The van der Waals surface area contributed by atoms with E-state index in [1.54, 1.807) is 25.7 Å². The molecule has 1 aromatic carbocycles. The Morgan fingerprint density at radius 1 is 1.20 bits per heavy atom. The van der Waals surface area contributed by atoms with Crippen LogP contribution in [0.5, 0.6) is 0 Å². The molecule has 1 saturated heterocycles. The number of alkyl halides is 3. The molecule has 1 amide bonds. The van der Waals surface area contributed by atoms with Crippen LogP contribution in [-0.2, 0) is 17.5 Å². The van der Waals surface area contributed by atoms with E-state index in [9.17, 15) is 23.2 Å². The van der Waals surface area contributed by atoms with E-state index in [2.05, 4.69) is 20.4 Å². The van der Waals surface area contributed by atoms with E-state index in [0.717, 1.165) is 25.0 Å². The van der Waals surface area contributed by atoms with Gasteiger partial charge in [0.05, 0.1) is 5.56 Å². The number of anilines is 2. The van der Waals surface area contributed by atoms with Crippen molar-refractivity contribution >= 4 is 23.6 Å². The number of likely N-dealkylation sites (tertiary alicyclic amines) is 1. The lowest BCUT2D eigenvalue weighted by atomic mass is 9.84. The molecule has 1 aliphatic heterocycles. The van der Waals surface area contributed by atoms with Gasteiger partial charge >= 0.3 is 12.3 Å². The summed E-state index contributed by atoms with van der Waals surface area (Å²) >= 11 is 0. The quantitative estimate of drug-likeness (QED) is 0.133. The number of carbonyl (C=O) groups is 1. The van der Waals surface area contributed by atoms with Crippen molar-refractivity contribution < 1.29 is 32.3 Å². The number of aromatic nitrogens is 2. The van der Waals surface area contributed by atoms with Crippen molar-refractivity contribution in [3.8, 4) is 0 Å². The van der Waals surface area contributed by atoms with E-state index in [0.29, 0.717) is 18.5 Å². The number of nitrogens with one attached hydrogen (secondary N) is 1. The normalized spacial score (nSPS) is 20.1. The molecule has 224 valence electrons. The first kappa shape index (κ1) is 30.1. The van der Waals surface area contributed by atoms with Gasteiger partial charge in [0.1, 0.15) is 17.8 Å². The van der Waals surface area contributed by atoms with Gasteiger partial charge in [-0.3, -0.25) is 0 Å². The largest absolute Gasteiger partial charge is 0.444 e. The first-order valence-corrected chi connectivity index (χ1v) is 13.4. The monoisotopic (exact) mass is 581 g/mol. The summed E-state index contributed by atoms with van der Waals surface area (Å²) < 4.78 is 60.0. The zero-order valence-electron chi connectivity index (χ0n) is 23.2. The molecule has 2 unspecified atom stereocenters. The summed E-state index contributed by atoms with van der Waals surface area (Å²) in [6.45, 7) is 6.24. The van der Waals surface area contributed by atoms with Crippen LogP contribution in [-0.4, -0.2) is 63.3 Å². The van der Waals surface area contributed by atoms with Gasteiger partial charge < -0.3 is 30.8 Å². The standard InChI is InChI=1S/C27H35F4N7O3/c1-26(2,3)41-25(39)37-11-10-17(20(14-37)22(32)36-40)12-33-23-21(28)24(35-15-34-23)38(19-8-9-19)13-16-4-6-18(7-5-16)27(29,30)31/h4-7,15,17,19-20,40H,8-14H2,1-3H3,(H2,32,36)(H,33,34,35). The zero-order valence-corrected chi connectivity index (χ0v) is 23.2. The van der Waals surface area contributed by atoms with E-state index in [1.165, 1.54) is 23.4 Å². The number of benzene rings is 1. The fraction of sp³-hybridized carbons (Fsp3) is 0.556. The van der Waals surface area contributed by atoms with E-state index in [-0.39, 0.29) is 49.1 Å². The topological polar surface area (TPSA) is 129 Å². The fourth-order valence-corrected chi connectivity index (χ4v) is 4.82. The van der Waals surface area contributed by atoms with Crippen LogP contribution in [0.4, 0.5) is 34.0 Å². The van der Waals surface area contributed by atoms with Crippen LogP contribution >= 0.6 is 0 Å². The number of nitrogens with two attached hydrogens (primary N) is 1. The highest BCUT2D eigenvalue weighted by Gasteiger charge is 2.37. The molecule has 4 N–H and O–H groups in total. The van der Waals surface area contributed by atoms with Gasteiger partial charge in [-0.2, -0.15) is 17.6 Å². The molecular weight excluding hydrogens is 546 g/mol. The zero-order chi connectivity index (χ0) is 29.9. The van der Waals surface area contributed by atoms with Gasteiger partial charge in [-0.15, -0.1) is 0 Å². The lowest BCUT2D eigenvalue weighted by molar-refractivity contribution is -0.137. The lowest BCUT2D eigenvalue weighted by Gasteiger charge is -2.38. The second-order valence-corrected chi connectivity index (χ2v) is 11.4. The highest BCUT2D eigenvalue weighted by Crippen LogP contribution is 2.36. The number of oxime groups is 1. The molecule has 0 radical (unpaired) electrons. The van der Waals surface area contributed by atoms with Gasteiger partial charge in [-0.25, -0.2) is 14.8 Å². The van der Waals surface area contributed by atoms with Gasteiger partial charge in [-0.05, 0) is 63.6 Å². The fourth-order valence-electron chi connectivity index (χ4n) is 4.82. The predicted molar refractivity (Wildman–Crippen MR) is 144 cm³/mol. The number of amidine groups is 1. The Morgan fingerprint density at radius 3 is 2.46 bits per heavy atom. The van der Waals surface area contributed by atoms with Crippen molar-refractivity contribution in [3.05, 3.63) is 47.5 Å². The van der Waals surface area contributed by atoms with E-state index < -0.39 is 35.2 Å². The first-order valence-electron chi connectivity index (χ1n) is 13.4. The highest BCUT2D eigenvalue weighted by molar-refractivity contribution is 5.83. The lowest BCUT2D eigenvalue weighted by Crippen LogP contribution is -2.51. The number of halogens is 4. The van der Waals surface area contributed by atoms with Crippen LogP contribution in [0, 0.1) is 17.7 Å². The minimum atomic E-state index is -4.44. The van der Waals surface area contributed by atoms with Gasteiger partial charge in [0.15, 0.2) is 11.6 Å². The molecule has 1 aromatic heterocycles. The number of hydrogen-bond acceptors (Lipinski definition) is 8. The number of nitrogens with zero attached hydrogens (tertiary/aromatic N) is 5. The molecule has 2 aromatic rings. The molecule has 1 aliphatic carbocycles. The number of carbonyl (C=O) groups excluding carboxylic acids is 1. The summed E-state index contributed by atoms with van der Waals surface area (Å²) in [4.78, 5) is 24.0. The van der Waals surface area contributed by atoms with Crippen molar-refractivity contribution in [1.29, 1.82) is 0 Å². The van der Waals surface area contributed by atoms with Crippen molar-refractivity contribution in [1.82, 2.24) is 14.9 Å². The molecule has 4 rings (SSSR count). The minimum absolute atomic E-state index is 0.0108. The number of piperidine rings is 1. The summed E-state index contributed by atoms with van der Waals surface area (Å²) in [6, 6.07) is 4.79. The maximum absolute atomic E-state index is 15.7. The second kappa shape index (κ2) is 12.0. The van der Waals surface area contributed by atoms with E-state index >= 15 is 4.39 Å². The van der Waals surface area contributed by atoms with E-state index in [4.69, 9.17) is 10.5 Å². The summed E-state index contributed by atoms with van der Waals surface area (Å²) in [5.74, 6) is -1.45. The first-order chi connectivity index (χ1) is 19.3. The van der Waals surface area contributed by atoms with Crippen LogP contribution in [0.25, 0.3) is 0 Å². The predicted octanol–water partition coefficient (Wildman–Crippen LogP) is 4.84. The molecule has 41 heavy (non-hydrogen) atoms. The molecule has 2 fully saturated rings. The van der Waals surface area contributed by atoms with Crippen LogP contribution in [0.2, 0.25) is 0 Å². The Bertz CT molecular complexity index is 1250. The molecule has 14 heteroatoms. The average Bonchev–Trinajstić information content (AvgIpc) is 3.75. The third-order valence-corrected chi connectivity index (χ3v) is 7.10. The van der Waals surface area contributed by atoms with Crippen molar-refractivity contribution in [3.63, 3.8) is 0 Å². The molecule has 10 nitrogen and oxygen atoms in total.